The molecule has 0 aliphatic heterocycles. The minimum Gasteiger partial charge on any atom is -0.456 e. The average Bonchev–Trinajstić information content (AvgIpc) is 3.16. The number of aliphatic hydroxyl groups excluding tert-OH is 2. The Morgan fingerprint density at radius 2 is 1.43 bits per heavy atom. The number of ketones is 2. The summed E-state index contributed by atoms with van der Waals surface area (Å²) in [4.78, 5) is 96.6. The Labute approximate surface area is 353 Å². The number of amides is 1. The Morgan fingerprint density at radius 3 is 1.97 bits per heavy atom. The van der Waals surface area contributed by atoms with Gasteiger partial charge < -0.3 is 44.3 Å². The molecule has 2 aromatic carbocycles. The van der Waals surface area contributed by atoms with Gasteiger partial charge >= 0.3 is 30.0 Å². The van der Waals surface area contributed by atoms with Gasteiger partial charge in [-0.3, -0.25) is 19.2 Å². The Kier molecular flexibility index (Phi) is 12.8. The van der Waals surface area contributed by atoms with Crippen LogP contribution in [0.4, 0.5) is 4.79 Å². The topological polar surface area (TPSA) is 238 Å². The third-order valence-corrected chi connectivity index (χ3v) is 12.4. The molecule has 330 valence electrons. The van der Waals surface area contributed by atoms with Crippen LogP contribution in [0, 0.1) is 16.7 Å². The van der Waals surface area contributed by atoms with Crippen LogP contribution in [-0.4, -0.2) is 104 Å². The first-order valence-corrected chi connectivity index (χ1v) is 20.0. The van der Waals surface area contributed by atoms with E-state index in [1.807, 2.05) is 0 Å². The number of rotatable bonds is 9. The summed E-state index contributed by atoms with van der Waals surface area (Å²) in [6.45, 7) is 13.8. The molecule has 0 unspecified atom stereocenters. The molecular formula is C45H55NO15. The molecule has 10 atom stereocenters. The van der Waals surface area contributed by atoms with Gasteiger partial charge in [0.25, 0.3) is 0 Å². The van der Waals surface area contributed by atoms with Crippen molar-refractivity contribution in [2.75, 3.05) is 0 Å². The Bertz CT molecular complexity index is 2110. The third-order valence-electron chi connectivity index (χ3n) is 12.4. The largest absolute Gasteiger partial charge is 0.456 e. The molecule has 0 radical (unpaired) electrons. The number of esters is 4. The molecular weight excluding hydrogens is 794 g/mol. The molecule has 0 heterocycles. The van der Waals surface area contributed by atoms with Crippen LogP contribution < -0.4 is 5.32 Å². The van der Waals surface area contributed by atoms with Gasteiger partial charge in [0.05, 0.1) is 29.0 Å². The zero-order valence-electron chi connectivity index (χ0n) is 36.0. The highest BCUT2D eigenvalue weighted by molar-refractivity contribution is 6.00. The van der Waals surface area contributed by atoms with Crippen molar-refractivity contribution in [2.24, 2.45) is 16.7 Å². The highest BCUT2D eigenvalue weighted by Crippen LogP contribution is 2.62. The Morgan fingerprint density at radius 1 is 0.852 bits per heavy atom. The monoisotopic (exact) mass is 849 g/mol. The van der Waals surface area contributed by atoms with Crippen molar-refractivity contribution in [1.82, 2.24) is 5.32 Å². The molecule has 0 spiro atoms. The maximum Gasteiger partial charge on any atom is 0.408 e. The number of fused-ring (bicyclic) bond motifs is 3. The van der Waals surface area contributed by atoms with Crippen LogP contribution in [0.2, 0.25) is 0 Å². The highest BCUT2D eigenvalue weighted by atomic mass is 16.6. The van der Waals surface area contributed by atoms with Gasteiger partial charge in [0.2, 0.25) is 0 Å². The molecule has 16 nitrogen and oxygen atoms in total. The molecule has 0 saturated heterocycles. The first-order chi connectivity index (χ1) is 28.2. The fraction of sp³-hybridized carbons (Fsp3) is 0.533. The number of benzene rings is 2. The standard InChI is InChI=1S/C45H55NO15/c1-23-28(58-39(54)33(51)32(26-17-13-11-14-18-26)46-40(55)61-41(4,5)6)22-45(56)37(59-38(53)27-19-15-12-16-20-27)35-43(9,29(49)21-30(50)44(35,10)60-25(3)48)36(52)34(57-24(2)47)31(23)42(45,7)8/h11-20,28-29,32-35,37,49,51,56H,21-22H2,1-10H3,(H,46,55)/t28-,29-,32-,33+,34+,35-,37-,43+,44-,45+/m0/s1. The average molecular weight is 850 g/mol. The van der Waals surface area contributed by atoms with Gasteiger partial charge in [-0.1, -0.05) is 62.4 Å². The highest BCUT2D eigenvalue weighted by Gasteiger charge is 2.75. The van der Waals surface area contributed by atoms with E-state index in [0.717, 1.165) is 13.8 Å². The number of Topliss-reactive ketones (excluding diaryl/α,β-unsaturated/α-hetero) is 2. The van der Waals surface area contributed by atoms with Crippen LogP contribution in [0.5, 0.6) is 0 Å². The molecule has 3 aliphatic carbocycles. The van der Waals surface area contributed by atoms with Crippen molar-refractivity contribution in [3.63, 3.8) is 0 Å². The van der Waals surface area contributed by atoms with E-state index in [2.05, 4.69) is 5.32 Å². The number of hydrogen-bond donors (Lipinski definition) is 4. The number of ether oxygens (including phenoxy) is 5. The molecule has 4 N–H and O–H groups in total. The summed E-state index contributed by atoms with van der Waals surface area (Å²) in [5, 5.41) is 39.6. The van der Waals surface area contributed by atoms with Crippen LogP contribution >= 0.6 is 0 Å². The molecule has 1 amide bonds. The summed E-state index contributed by atoms with van der Waals surface area (Å²) in [5.74, 6) is -8.00. The summed E-state index contributed by atoms with van der Waals surface area (Å²) >= 11 is 0. The Hall–Kier alpha value is -5.45. The van der Waals surface area contributed by atoms with Crippen LogP contribution in [0.3, 0.4) is 0 Å². The predicted octanol–water partition coefficient (Wildman–Crippen LogP) is 4.02. The van der Waals surface area contributed by atoms with Gasteiger partial charge in [-0.15, -0.1) is 0 Å². The second kappa shape index (κ2) is 16.8. The molecule has 2 fully saturated rings. The first kappa shape index (κ1) is 46.6. The summed E-state index contributed by atoms with van der Waals surface area (Å²) < 4.78 is 29.1. The summed E-state index contributed by atoms with van der Waals surface area (Å²) in [5.41, 5.74) is -9.56. The zero-order chi connectivity index (χ0) is 45.6. The van der Waals surface area contributed by atoms with Crippen molar-refractivity contribution < 1.29 is 72.6 Å². The van der Waals surface area contributed by atoms with E-state index < -0.39 is 124 Å². The number of aliphatic hydroxyl groups is 3. The minimum absolute atomic E-state index is 0.00745. The van der Waals surface area contributed by atoms with Gasteiger partial charge in [0.15, 0.2) is 29.4 Å². The second-order valence-corrected chi connectivity index (χ2v) is 17.9. The van der Waals surface area contributed by atoms with Gasteiger partial charge in [-0.25, -0.2) is 14.4 Å². The summed E-state index contributed by atoms with van der Waals surface area (Å²) in [6.07, 6.45) is -11.8. The molecule has 61 heavy (non-hydrogen) atoms. The van der Waals surface area contributed by atoms with Crippen molar-refractivity contribution in [3.8, 4) is 0 Å². The van der Waals surface area contributed by atoms with E-state index in [0.29, 0.717) is 5.56 Å². The van der Waals surface area contributed by atoms with Crippen molar-refractivity contribution in [3.05, 3.63) is 82.9 Å². The lowest BCUT2D eigenvalue weighted by Crippen LogP contribution is -2.76. The van der Waals surface area contributed by atoms with E-state index in [9.17, 15) is 44.1 Å². The van der Waals surface area contributed by atoms with Gasteiger partial charge in [-0.05, 0) is 70.4 Å². The third kappa shape index (κ3) is 8.57. The molecule has 2 saturated carbocycles. The smallest absolute Gasteiger partial charge is 0.408 e. The maximum atomic E-state index is 15.4. The molecule has 3 aliphatic rings. The quantitative estimate of drug-likeness (QED) is 0.158. The lowest BCUT2D eigenvalue weighted by molar-refractivity contribution is -0.253. The van der Waals surface area contributed by atoms with Gasteiger partial charge in [0.1, 0.15) is 23.4 Å². The number of nitrogens with one attached hydrogen (secondary N) is 1. The zero-order valence-corrected chi connectivity index (χ0v) is 36.0. The fourth-order valence-corrected chi connectivity index (χ4v) is 9.29. The predicted molar refractivity (Wildman–Crippen MR) is 214 cm³/mol. The number of hydrogen-bond acceptors (Lipinski definition) is 15. The first-order valence-electron chi connectivity index (χ1n) is 20.0. The van der Waals surface area contributed by atoms with Crippen molar-refractivity contribution in [1.29, 1.82) is 0 Å². The SMILES string of the molecule is CC(=O)O[C@H]1C(=O)[C@]2(C)[C@@H](O)CC(=O)[C@](C)(OC(C)=O)[C@H]2[C@H](OC(=O)c2ccccc2)[C@]2(O)C[C@H](OC(=O)[C@H](O)[C@@H](NC(=O)OC(C)(C)C)c3ccccc3)C(C)=C1C2(C)C. The lowest BCUT2D eigenvalue weighted by atomic mass is 9.45. The molecule has 5 rings (SSSR count). The van der Waals surface area contributed by atoms with Crippen LogP contribution in [0.1, 0.15) is 104 Å². The van der Waals surface area contributed by atoms with E-state index in [1.165, 1.54) is 46.8 Å². The summed E-state index contributed by atoms with van der Waals surface area (Å²) in [7, 11) is 0. The van der Waals surface area contributed by atoms with Crippen LogP contribution in [0.15, 0.2) is 71.8 Å². The lowest BCUT2D eigenvalue weighted by Gasteiger charge is -2.63. The number of alkyl carbamates (subject to hydrolysis) is 1. The molecule has 2 bridgehead atoms. The number of carbonyl (C=O) groups excluding carboxylic acids is 7. The van der Waals surface area contributed by atoms with E-state index in [4.69, 9.17) is 23.7 Å². The van der Waals surface area contributed by atoms with Crippen LogP contribution in [0.25, 0.3) is 0 Å². The van der Waals surface area contributed by atoms with E-state index in [1.54, 1.807) is 69.3 Å². The normalized spacial score (nSPS) is 30.6. The minimum atomic E-state index is -2.53. The van der Waals surface area contributed by atoms with Gasteiger partial charge in [-0.2, -0.15) is 0 Å². The molecule has 0 aromatic heterocycles. The van der Waals surface area contributed by atoms with Crippen LogP contribution in [-0.2, 0) is 47.7 Å². The number of carbonyl (C=O) groups is 7. The van der Waals surface area contributed by atoms with E-state index in [-0.39, 0.29) is 16.7 Å². The maximum absolute atomic E-state index is 15.4. The van der Waals surface area contributed by atoms with Crippen molar-refractivity contribution >= 4 is 41.5 Å². The summed E-state index contributed by atoms with van der Waals surface area (Å²) in [6, 6.07) is 14.2. The van der Waals surface area contributed by atoms with Crippen molar-refractivity contribution in [2.45, 2.75) is 135 Å². The van der Waals surface area contributed by atoms with E-state index >= 15 is 4.79 Å². The Balaban J connectivity index is 1.75. The second-order valence-electron chi connectivity index (χ2n) is 17.9. The molecule has 16 heteroatoms. The van der Waals surface area contributed by atoms with Gasteiger partial charge in [0, 0.05) is 32.1 Å². The fourth-order valence-electron chi connectivity index (χ4n) is 9.29. The molecule has 2 aromatic rings.